The molecule has 0 fully saturated rings. The van der Waals surface area contributed by atoms with E-state index >= 15 is 0 Å². The molecule has 0 aromatic rings. The van der Waals surface area contributed by atoms with Crippen LogP contribution in [0.5, 0.6) is 0 Å². The van der Waals surface area contributed by atoms with Crippen LogP contribution in [0.4, 0.5) is 0 Å². The highest BCUT2D eigenvalue weighted by Gasteiger charge is 1.89. The molecule has 4 heteroatoms. The van der Waals surface area contributed by atoms with Gasteiger partial charge in [-0.3, -0.25) is 4.99 Å². The topological polar surface area (TPSA) is 41.8 Å². The predicted molar refractivity (Wildman–Crippen MR) is 70.2 cm³/mol. The van der Waals surface area contributed by atoms with Gasteiger partial charge < -0.3 is 9.56 Å². The quantitative estimate of drug-likeness (QED) is 0.457. The van der Waals surface area contributed by atoms with E-state index in [-0.39, 0.29) is 0 Å². The van der Waals surface area contributed by atoms with Gasteiger partial charge in [0.1, 0.15) is 0 Å². The van der Waals surface area contributed by atoms with Crippen molar-refractivity contribution in [3.63, 3.8) is 0 Å². The zero-order valence-electron chi connectivity index (χ0n) is 10.8. The van der Waals surface area contributed by atoms with Crippen molar-refractivity contribution in [1.82, 2.24) is 0 Å². The van der Waals surface area contributed by atoms with Crippen LogP contribution in [0.25, 0.3) is 0 Å². The van der Waals surface area contributed by atoms with Crippen LogP contribution < -0.4 is 0 Å². The highest BCUT2D eigenvalue weighted by Crippen LogP contribution is 2.28. The minimum absolute atomic E-state index is 1.13. The highest BCUT2D eigenvalue weighted by molar-refractivity contribution is 7.61. The fourth-order valence-corrected chi connectivity index (χ4v) is 0. The largest absolute Gasteiger partial charge is 0.324 e. The normalized spacial score (nSPS) is 9.43. The molecule has 0 spiro atoms. The molecule has 0 aliphatic carbocycles. The van der Waals surface area contributed by atoms with E-state index in [9.17, 15) is 4.57 Å². The lowest BCUT2D eigenvalue weighted by Gasteiger charge is -1.86. The first kappa shape index (κ1) is 19.2. The molecular formula is C10H25N2OP. The predicted octanol–water partition coefficient (Wildman–Crippen LogP) is 3.04. The second-order valence-electron chi connectivity index (χ2n) is 3.58. The molecule has 0 atom stereocenters. The molecule has 0 aromatic carbocycles. The SMILES string of the molecule is CC=NC.CN=C(C)C.CP(C)(C)=O. The van der Waals surface area contributed by atoms with Crippen molar-refractivity contribution in [2.45, 2.75) is 20.8 Å². The minimum Gasteiger partial charge on any atom is -0.324 e. The Morgan fingerprint density at radius 2 is 1.29 bits per heavy atom. The number of rotatable bonds is 0. The van der Waals surface area contributed by atoms with Crippen molar-refractivity contribution >= 4 is 19.1 Å². The van der Waals surface area contributed by atoms with Crippen LogP contribution in [0.15, 0.2) is 9.98 Å². The minimum atomic E-state index is -1.64. The smallest absolute Gasteiger partial charge is 0.0790 e. The van der Waals surface area contributed by atoms with E-state index in [1.165, 1.54) is 0 Å². The first-order valence-corrected chi connectivity index (χ1v) is 7.53. The average molecular weight is 220 g/mol. The van der Waals surface area contributed by atoms with E-state index < -0.39 is 7.14 Å². The van der Waals surface area contributed by atoms with E-state index in [0.717, 1.165) is 5.71 Å². The van der Waals surface area contributed by atoms with Gasteiger partial charge in [-0.2, -0.15) is 0 Å². The standard InChI is InChI=1S/C4H9N.C3H7N.C3H9OP/c1-4(2)5-3;1-3-4-2;1-5(2,3)4/h1-3H3;3H,1-2H3;1-3H3. The Morgan fingerprint density at radius 1 is 1.14 bits per heavy atom. The molecular weight excluding hydrogens is 195 g/mol. The van der Waals surface area contributed by atoms with Gasteiger partial charge in [0, 0.05) is 19.8 Å². The number of hydrogen-bond donors (Lipinski definition) is 0. The molecule has 0 aromatic heterocycles. The molecule has 0 N–H and O–H groups in total. The van der Waals surface area contributed by atoms with Gasteiger partial charge in [0.15, 0.2) is 0 Å². The van der Waals surface area contributed by atoms with Crippen molar-refractivity contribution < 1.29 is 4.57 Å². The van der Waals surface area contributed by atoms with E-state index in [1.54, 1.807) is 40.3 Å². The van der Waals surface area contributed by atoms with E-state index in [2.05, 4.69) is 9.98 Å². The maximum absolute atomic E-state index is 10.2. The highest BCUT2D eigenvalue weighted by atomic mass is 31.2. The molecule has 0 amide bonds. The molecule has 14 heavy (non-hydrogen) atoms. The summed E-state index contributed by atoms with van der Waals surface area (Å²) in [6.07, 6.45) is 1.75. The van der Waals surface area contributed by atoms with Crippen LogP contribution >= 0.6 is 7.14 Å². The molecule has 0 saturated carbocycles. The van der Waals surface area contributed by atoms with Crippen LogP contribution in [-0.2, 0) is 4.57 Å². The van der Waals surface area contributed by atoms with Gasteiger partial charge in [-0.25, -0.2) is 0 Å². The van der Waals surface area contributed by atoms with Gasteiger partial charge in [0.2, 0.25) is 0 Å². The summed E-state index contributed by atoms with van der Waals surface area (Å²) in [4.78, 5) is 7.42. The van der Waals surface area contributed by atoms with Gasteiger partial charge in [-0.05, 0) is 47.0 Å². The van der Waals surface area contributed by atoms with E-state index in [4.69, 9.17) is 0 Å². The lowest BCUT2D eigenvalue weighted by molar-refractivity contribution is 0.586. The third-order valence-corrected chi connectivity index (χ3v) is 0.705. The van der Waals surface area contributed by atoms with E-state index in [0.29, 0.717) is 0 Å². The van der Waals surface area contributed by atoms with Crippen LogP contribution in [0.1, 0.15) is 20.8 Å². The van der Waals surface area contributed by atoms with Crippen LogP contribution in [0.2, 0.25) is 0 Å². The zero-order valence-corrected chi connectivity index (χ0v) is 11.7. The van der Waals surface area contributed by atoms with Gasteiger partial charge in [0.25, 0.3) is 0 Å². The van der Waals surface area contributed by atoms with Crippen molar-refractivity contribution in [2.24, 2.45) is 9.98 Å². The summed E-state index contributed by atoms with van der Waals surface area (Å²) in [5.41, 5.74) is 1.13. The molecule has 0 rings (SSSR count). The first-order valence-electron chi connectivity index (χ1n) is 4.48. The summed E-state index contributed by atoms with van der Waals surface area (Å²) in [6, 6.07) is 0. The zero-order chi connectivity index (χ0) is 12.2. The van der Waals surface area contributed by atoms with Crippen LogP contribution in [-0.4, -0.2) is 46.0 Å². The number of aliphatic imine (C=N–C) groups is 2. The summed E-state index contributed by atoms with van der Waals surface area (Å²) in [7, 11) is 1.90. The maximum Gasteiger partial charge on any atom is 0.0790 e. The summed E-state index contributed by atoms with van der Waals surface area (Å²) >= 11 is 0. The molecule has 0 radical (unpaired) electrons. The Kier molecular flexibility index (Phi) is 17.2. The monoisotopic (exact) mass is 220 g/mol. The lowest BCUT2D eigenvalue weighted by atomic mass is 10.5. The fraction of sp³-hybridized carbons (Fsp3) is 0.800. The summed E-state index contributed by atoms with van der Waals surface area (Å²) in [5, 5.41) is 0. The Bertz CT molecular complexity index is 188. The van der Waals surface area contributed by atoms with Crippen molar-refractivity contribution in [3.8, 4) is 0 Å². The summed E-state index contributed by atoms with van der Waals surface area (Å²) in [6.45, 7) is 11.1. The van der Waals surface area contributed by atoms with Gasteiger partial charge in [-0.15, -0.1) is 0 Å². The van der Waals surface area contributed by atoms with Crippen molar-refractivity contribution in [2.75, 3.05) is 34.1 Å². The molecule has 0 aliphatic heterocycles. The fourth-order valence-electron chi connectivity index (χ4n) is 0. The van der Waals surface area contributed by atoms with E-state index in [1.807, 2.05) is 20.8 Å². The maximum atomic E-state index is 10.2. The second kappa shape index (κ2) is 12.6. The van der Waals surface area contributed by atoms with Crippen LogP contribution in [0.3, 0.4) is 0 Å². The molecule has 0 saturated heterocycles. The second-order valence-corrected chi connectivity index (χ2v) is 7.36. The Morgan fingerprint density at radius 3 is 1.29 bits per heavy atom. The summed E-state index contributed by atoms with van der Waals surface area (Å²) in [5.74, 6) is 0. The average Bonchev–Trinajstić information content (AvgIpc) is 2.02. The Labute approximate surface area is 89.1 Å². The molecule has 0 aliphatic rings. The molecule has 0 heterocycles. The van der Waals surface area contributed by atoms with Crippen molar-refractivity contribution in [3.05, 3.63) is 0 Å². The Hall–Kier alpha value is -0.430. The van der Waals surface area contributed by atoms with Crippen molar-refractivity contribution in [1.29, 1.82) is 0 Å². The van der Waals surface area contributed by atoms with Gasteiger partial charge in [-0.1, -0.05) is 0 Å². The van der Waals surface area contributed by atoms with Gasteiger partial charge in [0.05, 0.1) is 7.14 Å². The van der Waals surface area contributed by atoms with Crippen LogP contribution in [0, 0.1) is 0 Å². The third-order valence-electron chi connectivity index (χ3n) is 0.705. The number of hydrogen-bond acceptors (Lipinski definition) is 3. The molecule has 0 unspecified atom stereocenters. The third kappa shape index (κ3) is 196. The first-order chi connectivity index (χ1) is 6.18. The molecule has 3 nitrogen and oxygen atoms in total. The molecule has 86 valence electrons. The lowest BCUT2D eigenvalue weighted by Crippen LogP contribution is -1.74. The number of nitrogens with zero attached hydrogens (tertiary/aromatic N) is 2. The summed E-state index contributed by atoms with van der Waals surface area (Å²) < 4.78 is 10.2. The van der Waals surface area contributed by atoms with Gasteiger partial charge >= 0.3 is 0 Å². The molecule has 0 bridgehead atoms. The Balaban J connectivity index is -0.000000131.